The van der Waals surface area contributed by atoms with Crippen LogP contribution in [0.4, 0.5) is 4.79 Å². The molecule has 0 atom stereocenters. The van der Waals surface area contributed by atoms with Crippen LogP contribution in [0.1, 0.15) is 5.56 Å². The van der Waals surface area contributed by atoms with Crippen molar-refractivity contribution in [1.29, 1.82) is 0 Å². The monoisotopic (exact) mass is 205 g/mol. The van der Waals surface area contributed by atoms with Gasteiger partial charge in [0.1, 0.15) is 0 Å². The number of benzene rings is 1. The van der Waals surface area contributed by atoms with Gasteiger partial charge in [0.05, 0.1) is 13.1 Å². The summed E-state index contributed by atoms with van der Waals surface area (Å²) in [5, 5.41) is 3.62. The highest BCUT2D eigenvalue weighted by atomic mass is 16.2. The SMILES string of the molecule is O=C1CNN(Cc2ccccc2)C(=O)N1. The van der Waals surface area contributed by atoms with Gasteiger partial charge in [0.25, 0.3) is 0 Å². The molecule has 1 aliphatic rings. The lowest BCUT2D eigenvalue weighted by Gasteiger charge is -2.27. The van der Waals surface area contributed by atoms with Crippen LogP contribution in [0.2, 0.25) is 0 Å². The first-order chi connectivity index (χ1) is 7.25. The fourth-order valence-corrected chi connectivity index (χ4v) is 1.36. The van der Waals surface area contributed by atoms with Crippen molar-refractivity contribution in [1.82, 2.24) is 15.8 Å². The van der Waals surface area contributed by atoms with Gasteiger partial charge in [-0.3, -0.25) is 15.1 Å². The summed E-state index contributed by atoms with van der Waals surface area (Å²) in [6.45, 7) is 0.582. The fraction of sp³-hybridized carbons (Fsp3) is 0.200. The topological polar surface area (TPSA) is 61.4 Å². The molecule has 1 aromatic rings. The zero-order valence-corrected chi connectivity index (χ0v) is 8.06. The van der Waals surface area contributed by atoms with Crippen LogP contribution in [0.3, 0.4) is 0 Å². The molecule has 0 unspecified atom stereocenters. The van der Waals surface area contributed by atoms with Gasteiger partial charge >= 0.3 is 6.03 Å². The van der Waals surface area contributed by atoms with Crippen molar-refractivity contribution in [2.75, 3.05) is 6.54 Å². The lowest BCUT2D eigenvalue weighted by atomic mass is 10.2. The Kier molecular flexibility index (Phi) is 2.64. The molecule has 2 N–H and O–H groups in total. The van der Waals surface area contributed by atoms with Crippen LogP contribution >= 0.6 is 0 Å². The van der Waals surface area contributed by atoms with Crippen LogP contribution < -0.4 is 10.7 Å². The fourth-order valence-electron chi connectivity index (χ4n) is 1.36. The Morgan fingerprint density at radius 3 is 2.60 bits per heavy atom. The van der Waals surface area contributed by atoms with E-state index in [2.05, 4.69) is 10.7 Å². The molecule has 5 heteroatoms. The number of imide groups is 1. The van der Waals surface area contributed by atoms with Gasteiger partial charge in [0, 0.05) is 0 Å². The standard InChI is InChI=1S/C10H11N3O2/c14-9-6-11-13(10(15)12-9)7-8-4-2-1-3-5-8/h1-5,11H,6-7H2,(H,12,14,15). The van der Waals surface area contributed by atoms with Gasteiger partial charge in [-0.1, -0.05) is 30.3 Å². The first kappa shape index (κ1) is 9.67. The minimum absolute atomic E-state index is 0.137. The highest BCUT2D eigenvalue weighted by Crippen LogP contribution is 2.03. The van der Waals surface area contributed by atoms with Gasteiger partial charge < -0.3 is 0 Å². The first-order valence-corrected chi connectivity index (χ1v) is 4.64. The third-order valence-electron chi connectivity index (χ3n) is 2.11. The Hall–Kier alpha value is -1.88. The molecule has 1 aromatic carbocycles. The molecule has 0 bridgehead atoms. The molecule has 0 radical (unpaired) electrons. The summed E-state index contributed by atoms with van der Waals surface area (Å²) >= 11 is 0. The summed E-state index contributed by atoms with van der Waals surface area (Å²) < 4.78 is 0. The molecule has 1 aliphatic heterocycles. The molecule has 1 fully saturated rings. The zero-order valence-electron chi connectivity index (χ0n) is 8.06. The van der Waals surface area contributed by atoms with E-state index in [0.29, 0.717) is 6.54 Å². The Labute approximate surface area is 87.0 Å². The molecule has 15 heavy (non-hydrogen) atoms. The van der Waals surface area contributed by atoms with Gasteiger partial charge in [-0.05, 0) is 5.56 Å². The van der Waals surface area contributed by atoms with Crippen molar-refractivity contribution in [2.24, 2.45) is 0 Å². The molecule has 1 saturated heterocycles. The van der Waals surface area contributed by atoms with Crippen molar-refractivity contribution in [3.63, 3.8) is 0 Å². The summed E-state index contributed by atoms with van der Waals surface area (Å²) in [6, 6.07) is 9.16. The van der Waals surface area contributed by atoms with Gasteiger partial charge in [-0.15, -0.1) is 0 Å². The summed E-state index contributed by atoms with van der Waals surface area (Å²) in [5.41, 5.74) is 3.75. The lowest BCUT2D eigenvalue weighted by molar-refractivity contribution is -0.121. The zero-order chi connectivity index (χ0) is 10.7. The van der Waals surface area contributed by atoms with E-state index in [1.54, 1.807) is 0 Å². The second-order valence-corrected chi connectivity index (χ2v) is 3.26. The predicted octanol–water partition coefficient (Wildman–Crippen LogP) is 0.243. The number of hydrazine groups is 1. The van der Waals surface area contributed by atoms with Crippen LogP contribution in [0.5, 0.6) is 0 Å². The van der Waals surface area contributed by atoms with Gasteiger partial charge in [-0.2, -0.15) is 0 Å². The Bertz CT molecular complexity index is 378. The third-order valence-corrected chi connectivity index (χ3v) is 2.11. The van der Waals surface area contributed by atoms with Crippen LogP contribution in [0.15, 0.2) is 30.3 Å². The minimum Gasteiger partial charge on any atom is -0.276 e. The van der Waals surface area contributed by atoms with Crippen molar-refractivity contribution in [3.05, 3.63) is 35.9 Å². The van der Waals surface area contributed by atoms with Crippen molar-refractivity contribution >= 4 is 11.9 Å². The van der Waals surface area contributed by atoms with E-state index in [4.69, 9.17) is 0 Å². The largest absolute Gasteiger partial charge is 0.338 e. The molecule has 0 aromatic heterocycles. The van der Waals surface area contributed by atoms with E-state index in [-0.39, 0.29) is 12.5 Å². The molecule has 3 amide bonds. The molecular formula is C10H11N3O2. The van der Waals surface area contributed by atoms with Gasteiger partial charge in [0.2, 0.25) is 5.91 Å². The van der Waals surface area contributed by atoms with Gasteiger partial charge in [-0.25, -0.2) is 10.2 Å². The van der Waals surface area contributed by atoms with Crippen LogP contribution in [-0.2, 0) is 11.3 Å². The molecule has 0 spiro atoms. The molecule has 2 rings (SSSR count). The van der Waals surface area contributed by atoms with E-state index >= 15 is 0 Å². The van der Waals surface area contributed by atoms with Crippen molar-refractivity contribution in [2.45, 2.75) is 6.54 Å². The predicted molar refractivity (Wildman–Crippen MR) is 53.5 cm³/mol. The molecule has 0 saturated carbocycles. The lowest BCUT2D eigenvalue weighted by Crippen LogP contribution is -2.58. The molecule has 5 nitrogen and oxygen atoms in total. The second kappa shape index (κ2) is 4.10. The van der Waals surface area contributed by atoms with Crippen molar-refractivity contribution in [3.8, 4) is 0 Å². The third kappa shape index (κ3) is 2.32. The number of hydrogen-bond acceptors (Lipinski definition) is 3. The number of nitrogens with one attached hydrogen (secondary N) is 2. The summed E-state index contributed by atoms with van der Waals surface area (Å²) in [4.78, 5) is 22.2. The summed E-state index contributed by atoms with van der Waals surface area (Å²) in [5.74, 6) is -0.302. The summed E-state index contributed by atoms with van der Waals surface area (Å²) in [7, 11) is 0. The minimum atomic E-state index is -0.407. The number of amides is 3. The average Bonchev–Trinajstić information content (AvgIpc) is 2.24. The number of hydrogen-bond donors (Lipinski definition) is 2. The Morgan fingerprint density at radius 1 is 1.20 bits per heavy atom. The quantitative estimate of drug-likeness (QED) is 0.727. The van der Waals surface area contributed by atoms with Crippen molar-refractivity contribution < 1.29 is 9.59 Å². The maximum absolute atomic E-state index is 11.3. The van der Waals surface area contributed by atoms with Crippen LogP contribution in [-0.4, -0.2) is 23.5 Å². The maximum Gasteiger partial charge on any atom is 0.338 e. The average molecular weight is 205 g/mol. The number of rotatable bonds is 2. The molecular weight excluding hydrogens is 194 g/mol. The number of nitrogens with zero attached hydrogens (tertiary/aromatic N) is 1. The number of urea groups is 1. The first-order valence-electron chi connectivity index (χ1n) is 4.64. The molecule has 1 heterocycles. The Balaban J connectivity index is 2.01. The number of carbonyl (C=O) groups is 2. The van der Waals surface area contributed by atoms with Crippen LogP contribution in [0, 0.1) is 0 Å². The highest BCUT2D eigenvalue weighted by Gasteiger charge is 2.22. The number of carbonyl (C=O) groups excluding carboxylic acids is 2. The van der Waals surface area contributed by atoms with E-state index in [9.17, 15) is 9.59 Å². The van der Waals surface area contributed by atoms with E-state index in [1.165, 1.54) is 5.01 Å². The van der Waals surface area contributed by atoms with Gasteiger partial charge in [0.15, 0.2) is 0 Å². The summed E-state index contributed by atoms with van der Waals surface area (Å²) in [6.07, 6.45) is 0. The van der Waals surface area contributed by atoms with Crippen LogP contribution in [0.25, 0.3) is 0 Å². The second-order valence-electron chi connectivity index (χ2n) is 3.26. The van der Waals surface area contributed by atoms with E-state index in [1.807, 2.05) is 30.3 Å². The smallest absolute Gasteiger partial charge is 0.276 e. The molecule has 0 aliphatic carbocycles. The highest BCUT2D eigenvalue weighted by molar-refractivity contribution is 5.97. The Morgan fingerprint density at radius 2 is 1.93 bits per heavy atom. The molecule has 78 valence electrons. The normalized spacial score (nSPS) is 16.4. The van der Waals surface area contributed by atoms with E-state index < -0.39 is 6.03 Å². The van der Waals surface area contributed by atoms with E-state index in [0.717, 1.165) is 5.56 Å². The maximum atomic E-state index is 11.3.